The van der Waals surface area contributed by atoms with E-state index in [2.05, 4.69) is 20.0 Å². The number of halogens is 2. The summed E-state index contributed by atoms with van der Waals surface area (Å²) in [5, 5.41) is 16.4. The van der Waals surface area contributed by atoms with Crippen LogP contribution in [0.1, 0.15) is 54.4 Å². The van der Waals surface area contributed by atoms with E-state index in [1.54, 1.807) is 40.0 Å². The van der Waals surface area contributed by atoms with Crippen molar-refractivity contribution in [1.82, 2.24) is 14.8 Å². The first-order chi connectivity index (χ1) is 20.9. The van der Waals surface area contributed by atoms with Crippen molar-refractivity contribution in [2.75, 3.05) is 58.4 Å². The monoisotopic (exact) mass is 629 g/mol. The third kappa shape index (κ3) is 6.65. The highest BCUT2D eigenvalue weighted by Gasteiger charge is 2.44. The molecule has 11 nitrogen and oxygen atoms in total. The first-order valence-electron chi connectivity index (χ1n) is 14.9. The number of hydrogen-bond donors (Lipinski definition) is 3. The molecule has 2 aromatic heterocycles. The first-order valence-corrected chi connectivity index (χ1v) is 16.6. The van der Waals surface area contributed by atoms with Crippen molar-refractivity contribution in [3.05, 3.63) is 53.9 Å². The third-order valence-electron chi connectivity index (χ3n) is 8.85. The van der Waals surface area contributed by atoms with Gasteiger partial charge in [-0.15, -0.1) is 0 Å². The smallest absolute Gasteiger partial charge is 0.258 e. The van der Waals surface area contributed by atoms with E-state index in [1.807, 2.05) is 13.1 Å². The molecule has 1 saturated carbocycles. The fourth-order valence-electron chi connectivity index (χ4n) is 5.99. The van der Waals surface area contributed by atoms with Crippen molar-refractivity contribution in [3.63, 3.8) is 0 Å². The number of aromatic nitrogens is 3. The molecule has 3 aliphatic rings. The molecule has 3 aromatic rings. The van der Waals surface area contributed by atoms with Gasteiger partial charge < -0.3 is 20.2 Å². The fourth-order valence-corrected chi connectivity index (χ4v) is 6.82. The SMILES string of the molecule is Cc1cnn(-c2ccc(NC(=O)c3ccc(NS(=O)(=O)CCO)cc3N3CCC4(CC3)CC4)nc2N2CCC(F)(F)CC2)c1. The number of aliphatic hydroxyl groups excluding tert-OH is 1. The predicted molar refractivity (Wildman–Crippen MR) is 164 cm³/mol. The minimum atomic E-state index is -3.76. The molecule has 0 unspecified atom stereocenters. The molecule has 6 rings (SSSR count). The predicted octanol–water partition coefficient (Wildman–Crippen LogP) is 4.18. The van der Waals surface area contributed by atoms with Crippen LogP contribution in [0, 0.1) is 12.3 Å². The zero-order valence-corrected chi connectivity index (χ0v) is 25.4. The topological polar surface area (TPSA) is 133 Å². The maximum absolute atomic E-state index is 14.0. The summed E-state index contributed by atoms with van der Waals surface area (Å²) in [5.74, 6) is -2.89. The van der Waals surface area contributed by atoms with Gasteiger partial charge in [0.05, 0.1) is 35.5 Å². The standard InChI is InChI=1S/C30H37F2N7O4S/c1-21-19-33-39(20-21)24-4-5-26(34-27(24)38-14-10-30(31,32)11-15-38)35-28(41)23-3-2-22(36-44(42,43)17-16-40)18-25(23)37-12-8-29(6-7-29)9-13-37/h2-5,18-20,36,40H,6-17H2,1H3,(H,34,35,41). The Balaban J connectivity index is 1.29. The van der Waals surface area contributed by atoms with Crippen LogP contribution < -0.4 is 19.8 Å². The van der Waals surface area contributed by atoms with E-state index in [9.17, 15) is 22.0 Å². The van der Waals surface area contributed by atoms with Crippen LogP contribution in [0.2, 0.25) is 0 Å². The zero-order valence-electron chi connectivity index (χ0n) is 24.6. The summed E-state index contributed by atoms with van der Waals surface area (Å²) in [4.78, 5) is 22.4. The second kappa shape index (κ2) is 11.6. The largest absolute Gasteiger partial charge is 0.395 e. The Bertz CT molecular complexity index is 1640. The lowest BCUT2D eigenvalue weighted by molar-refractivity contribution is -0.0221. The lowest BCUT2D eigenvalue weighted by Gasteiger charge is -2.35. The summed E-state index contributed by atoms with van der Waals surface area (Å²) in [6, 6.07) is 8.18. The van der Waals surface area contributed by atoms with E-state index in [1.165, 1.54) is 18.9 Å². The van der Waals surface area contributed by atoms with Crippen LogP contribution in [0.5, 0.6) is 0 Å². The van der Waals surface area contributed by atoms with Gasteiger partial charge in [-0.2, -0.15) is 5.10 Å². The van der Waals surface area contributed by atoms with Crippen LogP contribution in [-0.2, 0) is 10.0 Å². The van der Waals surface area contributed by atoms with Gasteiger partial charge in [0.25, 0.3) is 11.8 Å². The van der Waals surface area contributed by atoms with Crippen molar-refractivity contribution in [2.45, 2.75) is 51.4 Å². The number of nitrogens with zero attached hydrogens (tertiary/aromatic N) is 5. The number of rotatable bonds is 9. The number of carbonyl (C=O) groups is 1. The van der Waals surface area contributed by atoms with E-state index < -0.39 is 34.2 Å². The van der Waals surface area contributed by atoms with Crippen molar-refractivity contribution in [3.8, 4) is 5.69 Å². The second-order valence-electron chi connectivity index (χ2n) is 12.2. The Morgan fingerprint density at radius 3 is 2.32 bits per heavy atom. The molecule has 0 atom stereocenters. The number of aliphatic hydroxyl groups is 1. The zero-order chi connectivity index (χ0) is 31.1. The number of aryl methyl sites for hydroxylation is 1. The lowest BCUT2D eigenvalue weighted by Crippen LogP contribution is -2.40. The van der Waals surface area contributed by atoms with Gasteiger partial charge in [-0.25, -0.2) is 26.9 Å². The number of sulfonamides is 1. The van der Waals surface area contributed by atoms with Crippen LogP contribution in [0.4, 0.5) is 31.8 Å². The molecule has 44 heavy (non-hydrogen) atoms. The van der Waals surface area contributed by atoms with E-state index >= 15 is 0 Å². The highest BCUT2D eigenvalue weighted by atomic mass is 32.2. The number of amides is 1. The van der Waals surface area contributed by atoms with Crippen LogP contribution in [0.3, 0.4) is 0 Å². The molecule has 0 radical (unpaired) electrons. The Labute approximate surface area is 255 Å². The fraction of sp³-hybridized carbons (Fsp3) is 0.500. The van der Waals surface area contributed by atoms with Crippen molar-refractivity contribution in [2.24, 2.45) is 5.41 Å². The summed E-state index contributed by atoms with van der Waals surface area (Å²) in [5.41, 5.74) is 3.20. The molecule has 3 fully saturated rings. The normalized spacial score (nSPS) is 19.2. The molecule has 1 aromatic carbocycles. The lowest BCUT2D eigenvalue weighted by atomic mass is 9.93. The molecule has 2 aliphatic heterocycles. The number of piperidine rings is 2. The first kappa shape index (κ1) is 30.3. The highest BCUT2D eigenvalue weighted by molar-refractivity contribution is 7.92. The summed E-state index contributed by atoms with van der Waals surface area (Å²) >= 11 is 0. The van der Waals surface area contributed by atoms with Gasteiger partial charge >= 0.3 is 0 Å². The number of pyridine rings is 1. The molecule has 3 N–H and O–H groups in total. The van der Waals surface area contributed by atoms with Crippen molar-refractivity contribution < 1.29 is 27.1 Å². The average Bonchev–Trinajstić information content (AvgIpc) is 3.59. The maximum atomic E-state index is 14.0. The van der Waals surface area contributed by atoms with E-state index in [0.717, 1.165) is 31.5 Å². The van der Waals surface area contributed by atoms with Gasteiger partial charge in [0, 0.05) is 45.2 Å². The van der Waals surface area contributed by atoms with E-state index in [4.69, 9.17) is 10.1 Å². The number of carbonyl (C=O) groups excluding carboxylic acids is 1. The van der Waals surface area contributed by atoms with Gasteiger partial charge in [0.15, 0.2) is 5.82 Å². The second-order valence-corrected chi connectivity index (χ2v) is 14.0. The quantitative estimate of drug-likeness (QED) is 0.321. The summed E-state index contributed by atoms with van der Waals surface area (Å²) < 4.78 is 56.8. The molecular formula is C30H37F2N7O4S. The number of alkyl halides is 2. The Kier molecular flexibility index (Phi) is 7.99. The summed E-state index contributed by atoms with van der Waals surface area (Å²) in [6.07, 6.45) is 7.37. The summed E-state index contributed by atoms with van der Waals surface area (Å²) in [7, 11) is -3.76. The van der Waals surface area contributed by atoms with E-state index in [-0.39, 0.29) is 31.7 Å². The van der Waals surface area contributed by atoms with Gasteiger partial charge in [-0.1, -0.05) is 0 Å². The Hall–Kier alpha value is -3.78. The number of benzene rings is 1. The van der Waals surface area contributed by atoms with Gasteiger partial charge in [-0.3, -0.25) is 9.52 Å². The molecule has 1 amide bonds. The molecular weight excluding hydrogens is 592 g/mol. The number of nitrogens with one attached hydrogen (secondary N) is 2. The minimum absolute atomic E-state index is 0.110. The molecule has 2 saturated heterocycles. The van der Waals surface area contributed by atoms with Crippen LogP contribution in [0.15, 0.2) is 42.7 Å². The average molecular weight is 630 g/mol. The third-order valence-corrected chi connectivity index (χ3v) is 10.1. The van der Waals surface area contributed by atoms with Crippen LogP contribution >= 0.6 is 0 Å². The molecule has 1 spiro atoms. The maximum Gasteiger partial charge on any atom is 0.258 e. The summed E-state index contributed by atoms with van der Waals surface area (Å²) in [6.45, 7) is 3.10. The van der Waals surface area contributed by atoms with Gasteiger partial charge in [-0.05, 0) is 73.9 Å². The molecule has 1 aliphatic carbocycles. The van der Waals surface area contributed by atoms with E-state index in [0.29, 0.717) is 33.9 Å². The highest BCUT2D eigenvalue weighted by Crippen LogP contribution is 2.54. The number of anilines is 4. The van der Waals surface area contributed by atoms with Gasteiger partial charge in [0.1, 0.15) is 11.5 Å². The van der Waals surface area contributed by atoms with Crippen LogP contribution in [0.25, 0.3) is 5.69 Å². The van der Waals surface area contributed by atoms with Crippen molar-refractivity contribution in [1.29, 1.82) is 0 Å². The van der Waals surface area contributed by atoms with Gasteiger partial charge in [0.2, 0.25) is 10.0 Å². The molecule has 236 valence electrons. The Morgan fingerprint density at radius 1 is 0.977 bits per heavy atom. The number of hydrogen-bond acceptors (Lipinski definition) is 8. The Morgan fingerprint density at radius 2 is 1.68 bits per heavy atom. The molecule has 0 bridgehead atoms. The molecule has 14 heteroatoms. The van der Waals surface area contributed by atoms with Crippen LogP contribution in [-0.4, -0.2) is 78.7 Å². The molecule has 4 heterocycles. The van der Waals surface area contributed by atoms with Crippen molar-refractivity contribution >= 4 is 38.9 Å². The minimum Gasteiger partial charge on any atom is -0.395 e.